The van der Waals surface area contributed by atoms with E-state index in [-0.39, 0.29) is 47.8 Å². The van der Waals surface area contributed by atoms with Crippen LogP contribution in [0.4, 0.5) is 4.39 Å². The van der Waals surface area contributed by atoms with Crippen LogP contribution in [0.2, 0.25) is 0 Å². The molecule has 0 aromatic heterocycles. The topological polar surface area (TPSA) is 83.0 Å². The van der Waals surface area contributed by atoms with Crippen molar-refractivity contribution in [3.05, 3.63) is 41.7 Å². The first-order chi connectivity index (χ1) is 14.5. The highest BCUT2D eigenvalue weighted by molar-refractivity contribution is 6.06. The van der Waals surface area contributed by atoms with E-state index in [0.29, 0.717) is 31.2 Å². The van der Waals surface area contributed by atoms with Gasteiger partial charge < -0.3 is 15.4 Å². The van der Waals surface area contributed by atoms with Crippen LogP contribution in [0.1, 0.15) is 18.9 Å². The minimum atomic E-state index is -0.428. The second-order valence-corrected chi connectivity index (χ2v) is 7.92. The van der Waals surface area contributed by atoms with Gasteiger partial charge in [-0.2, -0.15) is 0 Å². The number of imide groups is 1. The Balaban J connectivity index is 1.33. The number of amides is 2. The molecule has 30 heavy (non-hydrogen) atoms. The van der Waals surface area contributed by atoms with Crippen LogP contribution in [0.5, 0.6) is 5.75 Å². The molecule has 7 nitrogen and oxygen atoms in total. The molecule has 2 amide bonds. The number of allylic oxidation sites excluding steroid dienone is 2. The van der Waals surface area contributed by atoms with Crippen LogP contribution in [0.3, 0.4) is 0 Å². The first-order valence-electron chi connectivity index (χ1n) is 10.4. The van der Waals surface area contributed by atoms with Gasteiger partial charge in [-0.1, -0.05) is 18.2 Å². The molecule has 4 rings (SSSR count). The van der Waals surface area contributed by atoms with Crippen molar-refractivity contribution in [2.24, 2.45) is 28.7 Å². The molecule has 1 aliphatic heterocycles. The molecule has 2 aliphatic carbocycles. The van der Waals surface area contributed by atoms with Gasteiger partial charge in [0.15, 0.2) is 17.5 Å². The molecule has 1 aromatic carbocycles. The van der Waals surface area contributed by atoms with Crippen molar-refractivity contribution in [3.63, 3.8) is 0 Å². The number of ether oxygens (including phenoxy) is 1. The molecule has 3 aliphatic rings. The number of nitrogens with one attached hydrogen (secondary N) is 2. The van der Waals surface area contributed by atoms with Crippen molar-refractivity contribution in [2.75, 3.05) is 26.7 Å². The summed E-state index contributed by atoms with van der Waals surface area (Å²) in [6, 6.07) is 4.73. The highest BCUT2D eigenvalue weighted by Gasteiger charge is 2.58. The summed E-state index contributed by atoms with van der Waals surface area (Å²) in [5.74, 6) is 0.341. The largest absolute Gasteiger partial charge is 0.494 e. The summed E-state index contributed by atoms with van der Waals surface area (Å²) >= 11 is 0. The fraction of sp³-hybridized carbons (Fsp3) is 0.500. The molecule has 0 spiro atoms. The zero-order valence-corrected chi connectivity index (χ0v) is 17.2. The zero-order valence-electron chi connectivity index (χ0n) is 17.2. The van der Waals surface area contributed by atoms with Crippen LogP contribution in [0.25, 0.3) is 0 Å². The molecule has 8 heteroatoms. The second-order valence-electron chi connectivity index (χ2n) is 7.92. The number of guanidine groups is 1. The third kappa shape index (κ3) is 3.66. The Bertz CT molecular complexity index is 870. The second kappa shape index (κ2) is 8.45. The third-order valence-corrected chi connectivity index (χ3v) is 6.17. The molecular weight excluding hydrogens is 387 g/mol. The summed E-state index contributed by atoms with van der Waals surface area (Å²) in [5, 5.41) is 6.28. The van der Waals surface area contributed by atoms with E-state index in [2.05, 4.69) is 27.8 Å². The standard InChI is InChI=1S/C22H27FN4O3/c1-3-24-22(26-12-13-4-7-17(30-2)16(23)10-13)25-8-9-27-20(28)18-14-5-6-15(11-14)19(18)21(27)29/h4-7,10,14-15,18-19H,3,8-9,11-12H2,1-2H3,(H2,24,25,26). The number of carbonyl (C=O) groups is 2. The summed E-state index contributed by atoms with van der Waals surface area (Å²) in [6.07, 6.45) is 5.12. The number of hydrogen-bond donors (Lipinski definition) is 2. The molecule has 4 atom stereocenters. The number of nitrogens with zero attached hydrogens (tertiary/aromatic N) is 2. The highest BCUT2D eigenvalue weighted by atomic mass is 19.1. The maximum absolute atomic E-state index is 13.8. The summed E-state index contributed by atoms with van der Waals surface area (Å²) in [4.78, 5) is 31.3. The lowest BCUT2D eigenvalue weighted by Crippen LogP contribution is -2.43. The van der Waals surface area contributed by atoms with Crippen molar-refractivity contribution in [1.82, 2.24) is 15.5 Å². The van der Waals surface area contributed by atoms with E-state index in [1.54, 1.807) is 12.1 Å². The van der Waals surface area contributed by atoms with Gasteiger partial charge in [0.25, 0.3) is 0 Å². The molecular formula is C22H27FN4O3. The first-order valence-corrected chi connectivity index (χ1v) is 10.4. The van der Waals surface area contributed by atoms with Gasteiger partial charge in [-0.15, -0.1) is 0 Å². The monoisotopic (exact) mass is 414 g/mol. The lowest BCUT2D eigenvalue weighted by molar-refractivity contribution is -0.140. The lowest BCUT2D eigenvalue weighted by atomic mass is 9.85. The predicted molar refractivity (Wildman–Crippen MR) is 110 cm³/mol. The Kier molecular flexibility index (Phi) is 5.74. The maximum atomic E-state index is 13.8. The van der Waals surface area contributed by atoms with Crippen molar-refractivity contribution < 1.29 is 18.7 Å². The van der Waals surface area contributed by atoms with Crippen molar-refractivity contribution in [2.45, 2.75) is 19.9 Å². The molecule has 1 heterocycles. The summed E-state index contributed by atoms with van der Waals surface area (Å²) in [5.41, 5.74) is 0.714. The van der Waals surface area contributed by atoms with Gasteiger partial charge in [-0.3, -0.25) is 14.5 Å². The molecule has 2 N–H and O–H groups in total. The van der Waals surface area contributed by atoms with Crippen LogP contribution in [0, 0.1) is 29.5 Å². The maximum Gasteiger partial charge on any atom is 0.233 e. The minimum absolute atomic E-state index is 0.0423. The van der Waals surface area contributed by atoms with E-state index < -0.39 is 5.82 Å². The number of methoxy groups -OCH3 is 1. The Morgan fingerprint density at radius 1 is 1.20 bits per heavy atom. The van der Waals surface area contributed by atoms with Gasteiger partial charge >= 0.3 is 0 Å². The number of aliphatic imine (C=N–C) groups is 1. The molecule has 1 saturated heterocycles. The molecule has 2 bridgehead atoms. The van der Waals surface area contributed by atoms with Gasteiger partial charge in [0.1, 0.15) is 0 Å². The summed E-state index contributed by atoms with van der Waals surface area (Å²) in [7, 11) is 1.42. The lowest BCUT2D eigenvalue weighted by Gasteiger charge is -2.18. The van der Waals surface area contributed by atoms with Gasteiger partial charge in [-0.05, 0) is 42.9 Å². The number of benzene rings is 1. The molecule has 1 saturated carbocycles. The van der Waals surface area contributed by atoms with E-state index >= 15 is 0 Å². The van der Waals surface area contributed by atoms with Crippen LogP contribution in [-0.2, 0) is 16.1 Å². The normalized spacial score (nSPS) is 27.0. The van der Waals surface area contributed by atoms with Gasteiger partial charge in [0.2, 0.25) is 11.8 Å². The smallest absolute Gasteiger partial charge is 0.233 e. The molecule has 4 unspecified atom stereocenters. The van der Waals surface area contributed by atoms with E-state index in [1.807, 2.05) is 6.92 Å². The first kappa shape index (κ1) is 20.4. The van der Waals surface area contributed by atoms with Crippen LogP contribution in [-0.4, -0.2) is 49.4 Å². The zero-order chi connectivity index (χ0) is 21.3. The van der Waals surface area contributed by atoms with Crippen LogP contribution in [0.15, 0.2) is 35.3 Å². The number of carbonyl (C=O) groups excluding carboxylic acids is 2. The third-order valence-electron chi connectivity index (χ3n) is 6.17. The van der Waals surface area contributed by atoms with Crippen molar-refractivity contribution in [3.8, 4) is 5.75 Å². The molecule has 160 valence electrons. The van der Waals surface area contributed by atoms with Gasteiger partial charge in [0, 0.05) is 19.6 Å². The number of hydrogen-bond acceptors (Lipinski definition) is 4. The molecule has 1 aromatic rings. The Labute approximate surface area is 175 Å². The van der Waals surface area contributed by atoms with Crippen molar-refractivity contribution >= 4 is 17.8 Å². The Morgan fingerprint density at radius 2 is 1.90 bits per heavy atom. The predicted octanol–water partition coefficient (Wildman–Crippen LogP) is 1.70. The van der Waals surface area contributed by atoms with E-state index in [4.69, 9.17) is 4.74 Å². The number of rotatable bonds is 7. The SMILES string of the molecule is CCNC(=NCc1ccc(OC)c(F)c1)NCCN1C(=O)C2C3C=CC(C3)C2C1=O. The van der Waals surface area contributed by atoms with E-state index in [1.165, 1.54) is 18.1 Å². The van der Waals surface area contributed by atoms with Crippen LogP contribution >= 0.6 is 0 Å². The summed E-state index contributed by atoms with van der Waals surface area (Å²) < 4.78 is 18.8. The highest BCUT2D eigenvalue weighted by Crippen LogP contribution is 2.52. The van der Waals surface area contributed by atoms with Gasteiger partial charge in [-0.25, -0.2) is 9.38 Å². The Hall–Kier alpha value is -2.90. The fourth-order valence-corrected chi connectivity index (χ4v) is 4.79. The van der Waals surface area contributed by atoms with Crippen LogP contribution < -0.4 is 15.4 Å². The average Bonchev–Trinajstić information content (AvgIpc) is 3.41. The minimum Gasteiger partial charge on any atom is -0.494 e. The van der Waals surface area contributed by atoms with E-state index in [0.717, 1.165) is 6.42 Å². The molecule has 0 radical (unpaired) electrons. The quantitative estimate of drug-likeness (QED) is 0.307. The molecule has 2 fully saturated rings. The fourth-order valence-electron chi connectivity index (χ4n) is 4.79. The number of likely N-dealkylation sites (tertiary alicyclic amines) is 1. The number of halogens is 1. The number of fused-ring (bicyclic) bond motifs is 5. The van der Waals surface area contributed by atoms with Gasteiger partial charge in [0.05, 0.1) is 25.5 Å². The summed E-state index contributed by atoms with van der Waals surface area (Å²) in [6.45, 7) is 3.61. The van der Waals surface area contributed by atoms with E-state index in [9.17, 15) is 14.0 Å². The Morgan fingerprint density at radius 3 is 2.50 bits per heavy atom. The average molecular weight is 414 g/mol. The van der Waals surface area contributed by atoms with Crippen molar-refractivity contribution in [1.29, 1.82) is 0 Å².